The van der Waals surface area contributed by atoms with Crippen molar-refractivity contribution in [2.45, 2.75) is 13.5 Å². The zero-order chi connectivity index (χ0) is 18.9. The number of nitrogens with one attached hydrogen (secondary N) is 1. The highest BCUT2D eigenvalue weighted by Crippen LogP contribution is 2.37. The summed E-state index contributed by atoms with van der Waals surface area (Å²) in [7, 11) is 1.55. The minimum absolute atomic E-state index is 0.0143. The van der Waals surface area contributed by atoms with E-state index in [0.717, 1.165) is 5.56 Å². The van der Waals surface area contributed by atoms with Crippen molar-refractivity contribution in [2.24, 2.45) is 0 Å². The zero-order valence-corrected chi connectivity index (χ0v) is 16.2. The molecule has 2 rings (SSSR count). The molecule has 26 heavy (non-hydrogen) atoms. The number of nitrogens with zero attached hydrogens (tertiary/aromatic N) is 1. The minimum atomic E-state index is -0.429. The lowest BCUT2D eigenvalue weighted by Gasteiger charge is -2.12. The van der Waals surface area contributed by atoms with Crippen LogP contribution < -0.4 is 14.8 Å². The average molecular weight is 415 g/mol. The Bertz CT molecular complexity index is 842. The van der Waals surface area contributed by atoms with E-state index in [4.69, 9.17) is 9.47 Å². The van der Waals surface area contributed by atoms with E-state index in [2.05, 4.69) is 21.2 Å². The molecule has 1 amide bonds. The topological polar surface area (TPSA) is 71.3 Å². The summed E-state index contributed by atoms with van der Waals surface area (Å²) in [4.78, 5) is 12.3. The molecule has 2 aromatic rings. The van der Waals surface area contributed by atoms with Crippen LogP contribution >= 0.6 is 15.9 Å². The highest BCUT2D eigenvalue weighted by molar-refractivity contribution is 9.10. The van der Waals surface area contributed by atoms with Crippen molar-refractivity contribution in [3.8, 4) is 17.6 Å². The van der Waals surface area contributed by atoms with E-state index in [1.165, 1.54) is 6.08 Å². The van der Waals surface area contributed by atoms with E-state index in [1.807, 2.05) is 43.3 Å². The van der Waals surface area contributed by atoms with Crippen LogP contribution in [0.3, 0.4) is 0 Å². The van der Waals surface area contributed by atoms with Crippen LogP contribution in [-0.4, -0.2) is 19.6 Å². The molecule has 0 spiro atoms. The maximum atomic E-state index is 12.3. The van der Waals surface area contributed by atoms with Crippen molar-refractivity contribution >= 4 is 27.9 Å². The average Bonchev–Trinajstić information content (AvgIpc) is 2.65. The van der Waals surface area contributed by atoms with Gasteiger partial charge >= 0.3 is 0 Å². The summed E-state index contributed by atoms with van der Waals surface area (Å²) in [6, 6.07) is 15.0. The molecule has 0 aliphatic rings. The molecule has 0 aliphatic heterocycles. The summed E-state index contributed by atoms with van der Waals surface area (Å²) >= 11 is 3.42. The van der Waals surface area contributed by atoms with E-state index in [0.29, 0.717) is 34.7 Å². The second-order valence-electron chi connectivity index (χ2n) is 5.31. The monoisotopic (exact) mass is 414 g/mol. The zero-order valence-electron chi connectivity index (χ0n) is 14.6. The van der Waals surface area contributed by atoms with Crippen LogP contribution in [0.1, 0.15) is 18.1 Å². The molecule has 0 aromatic heterocycles. The number of hydrogen-bond acceptors (Lipinski definition) is 4. The number of halogens is 1. The lowest BCUT2D eigenvalue weighted by atomic mass is 10.1. The van der Waals surface area contributed by atoms with Gasteiger partial charge in [0.2, 0.25) is 0 Å². The van der Waals surface area contributed by atoms with Gasteiger partial charge in [-0.05, 0) is 52.2 Å². The van der Waals surface area contributed by atoms with E-state index in [9.17, 15) is 10.1 Å². The van der Waals surface area contributed by atoms with Crippen LogP contribution in [0.4, 0.5) is 0 Å². The Morgan fingerprint density at radius 1 is 1.31 bits per heavy atom. The van der Waals surface area contributed by atoms with Crippen molar-refractivity contribution < 1.29 is 14.3 Å². The Morgan fingerprint density at radius 2 is 2.04 bits per heavy atom. The summed E-state index contributed by atoms with van der Waals surface area (Å²) in [6.45, 7) is 2.70. The predicted molar refractivity (Wildman–Crippen MR) is 104 cm³/mol. The number of methoxy groups -OCH3 is 1. The smallest absolute Gasteiger partial charge is 0.262 e. The molecule has 0 saturated heterocycles. The van der Waals surface area contributed by atoms with Crippen LogP contribution in [0.2, 0.25) is 0 Å². The number of carbonyl (C=O) groups is 1. The Hall–Kier alpha value is -2.78. The fourth-order valence-corrected chi connectivity index (χ4v) is 2.94. The van der Waals surface area contributed by atoms with E-state index >= 15 is 0 Å². The van der Waals surface area contributed by atoms with Gasteiger partial charge < -0.3 is 14.8 Å². The van der Waals surface area contributed by atoms with Crippen LogP contribution in [0.25, 0.3) is 6.08 Å². The van der Waals surface area contributed by atoms with Gasteiger partial charge in [0.15, 0.2) is 11.5 Å². The van der Waals surface area contributed by atoms with Crippen LogP contribution in [-0.2, 0) is 11.3 Å². The molecule has 1 N–H and O–H groups in total. The second-order valence-corrected chi connectivity index (χ2v) is 6.16. The number of hydrogen-bond donors (Lipinski definition) is 1. The van der Waals surface area contributed by atoms with Gasteiger partial charge in [-0.1, -0.05) is 30.3 Å². The van der Waals surface area contributed by atoms with Crippen molar-refractivity contribution in [3.63, 3.8) is 0 Å². The number of nitriles is 1. The summed E-state index contributed by atoms with van der Waals surface area (Å²) in [5, 5.41) is 12.1. The summed E-state index contributed by atoms with van der Waals surface area (Å²) in [6.07, 6.45) is 1.52. The van der Waals surface area contributed by atoms with E-state index in [-0.39, 0.29) is 5.57 Å². The van der Waals surface area contributed by atoms with Crippen LogP contribution in [0.15, 0.2) is 52.5 Å². The summed E-state index contributed by atoms with van der Waals surface area (Å²) in [5.41, 5.74) is 1.64. The molecule has 0 fully saturated rings. The maximum Gasteiger partial charge on any atom is 0.262 e. The lowest BCUT2D eigenvalue weighted by Crippen LogP contribution is -2.23. The molecule has 0 aliphatic carbocycles. The molecule has 0 bridgehead atoms. The normalized spacial score (nSPS) is 10.8. The van der Waals surface area contributed by atoms with Crippen LogP contribution in [0.5, 0.6) is 11.5 Å². The summed E-state index contributed by atoms with van der Waals surface area (Å²) < 4.78 is 11.6. The first-order chi connectivity index (χ1) is 12.6. The van der Waals surface area contributed by atoms with Gasteiger partial charge in [0.05, 0.1) is 18.2 Å². The third kappa shape index (κ3) is 5.11. The largest absolute Gasteiger partial charge is 0.492 e. The van der Waals surface area contributed by atoms with Gasteiger partial charge in [-0.15, -0.1) is 0 Å². The minimum Gasteiger partial charge on any atom is -0.492 e. The van der Waals surface area contributed by atoms with Crippen molar-refractivity contribution in [1.82, 2.24) is 5.32 Å². The molecular weight excluding hydrogens is 396 g/mol. The Morgan fingerprint density at radius 3 is 2.65 bits per heavy atom. The first-order valence-corrected chi connectivity index (χ1v) is 8.82. The van der Waals surface area contributed by atoms with Gasteiger partial charge in [-0.2, -0.15) is 5.26 Å². The number of ether oxygens (including phenoxy) is 2. The van der Waals surface area contributed by atoms with Gasteiger partial charge in [0, 0.05) is 6.54 Å². The van der Waals surface area contributed by atoms with Gasteiger partial charge in [0.25, 0.3) is 5.91 Å². The molecular formula is C20H19BrN2O3. The molecule has 0 heterocycles. The first kappa shape index (κ1) is 19.5. The molecule has 0 atom stereocenters. The first-order valence-electron chi connectivity index (χ1n) is 8.03. The third-order valence-electron chi connectivity index (χ3n) is 3.51. The number of benzene rings is 2. The molecule has 6 heteroatoms. The Balaban J connectivity index is 2.22. The molecule has 2 aromatic carbocycles. The molecule has 0 radical (unpaired) electrons. The molecule has 0 saturated carbocycles. The van der Waals surface area contributed by atoms with Gasteiger partial charge in [-0.25, -0.2) is 0 Å². The fourth-order valence-electron chi connectivity index (χ4n) is 2.32. The number of rotatable bonds is 7. The Kier molecular flexibility index (Phi) is 7.24. The third-order valence-corrected chi connectivity index (χ3v) is 4.10. The quantitative estimate of drug-likeness (QED) is 0.547. The van der Waals surface area contributed by atoms with Gasteiger partial charge in [-0.3, -0.25) is 4.79 Å². The lowest BCUT2D eigenvalue weighted by molar-refractivity contribution is -0.117. The van der Waals surface area contributed by atoms with Crippen molar-refractivity contribution in [3.05, 3.63) is 63.6 Å². The van der Waals surface area contributed by atoms with E-state index < -0.39 is 5.91 Å². The SMILES string of the molecule is CCOc1cc(/C=C(\C#N)C(=O)NCc2ccccc2)cc(Br)c1OC. The molecule has 5 nitrogen and oxygen atoms in total. The molecule has 0 unspecified atom stereocenters. The van der Waals surface area contributed by atoms with E-state index in [1.54, 1.807) is 19.2 Å². The fraction of sp³-hybridized carbons (Fsp3) is 0.200. The summed E-state index contributed by atoms with van der Waals surface area (Å²) in [5.74, 6) is 0.676. The highest BCUT2D eigenvalue weighted by Gasteiger charge is 2.13. The standard InChI is InChI=1S/C20H19BrN2O3/c1-3-26-18-11-15(10-17(21)19(18)25-2)9-16(12-22)20(24)23-13-14-7-5-4-6-8-14/h4-11H,3,13H2,1-2H3,(H,23,24)/b16-9+. The second kappa shape index (κ2) is 9.64. The number of carbonyl (C=O) groups excluding carboxylic acids is 1. The van der Waals surface area contributed by atoms with Crippen molar-refractivity contribution in [1.29, 1.82) is 5.26 Å². The maximum absolute atomic E-state index is 12.3. The van der Waals surface area contributed by atoms with Crippen LogP contribution in [0, 0.1) is 11.3 Å². The number of amides is 1. The Labute approximate surface area is 161 Å². The molecule has 134 valence electrons. The van der Waals surface area contributed by atoms with Gasteiger partial charge in [0.1, 0.15) is 11.6 Å². The highest BCUT2D eigenvalue weighted by atomic mass is 79.9. The van der Waals surface area contributed by atoms with Crippen molar-refractivity contribution in [2.75, 3.05) is 13.7 Å². The predicted octanol–water partition coefficient (Wildman–Crippen LogP) is 4.08.